The van der Waals surface area contributed by atoms with Crippen LogP contribution in [0.15, 0.2) is 0 Å². The summed E-state index contributed by atoms with van der Waals surface area (Å²) in [6, 6.07) is 0. The van der Waals surface area contributed by atoms with Gasteiger partial charge in [0.1, 0.15) is 0 Å². The van der Waals surface area contributed by atoms with Crippen LogP contribution in [0.1, 0.15) is 26.2 Å². The summed E-state index contributed by atoms with van der Waals surface area (Å²) in [5.41, 5.74) is 0. The molecule has 0 fully saturated rings. The molecular weight excluding hydrogens is 118 g/mol. The van der Waals surface area contributed by atoms with Gasteiger partial charge in [-0.1, -0.05) is 13.3 Å². The molecule has 3 nitrogen and oxygen atoms in total. The Balaban J connectivity index is 3.06. The quantitative estimate of drug-likeness (QED) is 0.273. The van der Waals surface area contributed by atoms with Crippen molar-refractivity contribution in [3.8, 4) is 0 Å². The van der Waals surface area contributed by atoms with Gasteiger partial charge in [0.15, 0.2) is 0 Å². The summed E-state index contributed by atoms with van der Waals surface area (Å²) in [4.78, 5) is 8.70. The maximum Gasteiger partial charge on any atom is 0.224 e. The van der Waals surface area contributed by atoms with Crippen molar-refractivity contribution in [1.29, 1.82) is 5.41 Å². The summed E-state index contributed by atoms with van der Waals surface area (Å²) in [5.74, 6) is 0.208. The molecule has 0 aliphatic carbocycles. The molecule has 0 heterocycles. The molecule has 0 unspecified atom stereocenters. The van der Waals surface area contributed by atoms with Crippen molar-refractivity contribution >= 4 is 5.90 Å². The summed E-state index contributed by atoms with van der Waals surface area (Å²) >= 11 is 0. The fourth-order valence-electron chi connectivity index (χ4n) is 0.480. The molecule has 54 valence electrons. The van der Waals surface area contributed by atoms with E-state index in [2.05, 4.69) is 16.7 Å². The van der Waals surface area contributed by atoms with Crippen molar-refractivity contribution in [2.45, 2.75) is 26.2 Å². The first-order chi connectivity index (χ1) is 4.31. The highest BCUT2D eigenvalue weighted by Gasteiger charge is 1.94. The Morgan fingerprint density at radius 3 is 2.67 bits per heavy atom. The van der Waals surface area contributed by atoms with E-state index in [4.69, 9.17) is 5.41 Å². The van der Waals surface area contributed by atoms with E-state index >= 15 is 0 Å². The van der Waals surface area contributed by atoms with Gasteiger partial charge in [-0.15, -0.1) is 0 Å². The SMILES string of the molecule is CCCCC(=N)OOC. The van der Waals surface area contributed by atoms with Crippen molar-refractivity contribution in [3.63, 3.8) is 0 Å². The molecule has 0 aromatic carbocycles. The number of rotatable bonds is 4. The van der Waals surface area contributed by atoms with Crippen LogP contribution in [0.25, 0.3) is 0 Å². The second kappa shape index (κ2) is 5.56. The molecule has 1 N–H and O–H groups in total. The molecule has 9 heavy (non-hydrogen) atoms. The standard InChI is InChI=1S/C6H13NO2/c1-3-4-5-6(7)9-8-2/h7H,3-5H2,1-2H3. The maximum absolute atomic E-state index is 7.04. The van der Waals surface area contributed by atoms with E-state index in [1.54, 1.807) is 0 Å². The first-order valence-corrected chi connectivity index (χ1v) is 3.09. The highest BCUT2D eigenvalue weighted by Crippen LogP contribution is 1.95. The number of hydrogen-bond donors (Lipinski definition) is 1. The van der Waals surface area contributed by atoms with Crippen LogP contribution in [0.3, 0.4) is 0 Å². The molecule has 0 aliphatic heterocycles. The molecule has 0 spiro atoms. The molecule has 0 amide bonds. The normalized spacial score (nSPS) is 9.11. The summed E-state index contributed by atoms with van der Waals surface area (Å²) in [7, 11) is 1.40. The zero-order valence-corrected chi connectivity index (χ0v) is 5.94. The molecular formula is C6H13NO2. The molecule has 0 bridgehead atoms. The van der Waals surface area contributed by atoms with E-state index in [-0.39, 0.29) is 5.90 Å². The minimum absolute atomic E-state index is 0.208. The Labute approximate surface area is 55.4 Å². The second-order valence-electron chi connectivity index (χ2n) is 1.78. The third-order valence-corrected chi connectivity index (χ3v) is 0.941. The molecule has 0 saturated heterocycles. The highest BCUT2D eigenvalue weighted by molar-refractivity contribution is 5.71. The van der Waals surface area contributed by atoms with E-state index in [1.165, 1.54) is 7.11 Å². The molecule has 0 aromatic rings. The van der Waals surface area contributed by atoms with Crippen LogP contribution in [0.5, 0.6) is 0 Å². The number of nitrogens with one attached hydrogen (secondary N) is 1. The molecule has 0 rings (SSSR count). The first-order valence-electron chi connectivity index (χ1n) is 3.09. The minimum atomic E-state index is 0.208. The van der Waals surface area contributed by atoms with Crippen LogP contribution in [0.4, 0.5) is 0 Å². The lowest BCUT2D eigenvalue weighted by Gasteiger charge is -1.99. The van der Waals surface area contributed by atoms with Crippen LogP contribution < -0.4 is 0 Å². The van der Waals surface area contributed by atoms with E-state index in [9.17, 15) is 0 Å². The third-order valence-electron chi connectivity index (χ3n) is 0.941. The molecule has 3 heteroatoms. The second-order valence-corrected chi connectivity index (χ2v) is 1.78. The highest BCUT2D eigenvalue weighted by atomic mass is 17.2. The Bertz CT molecular complexity index is 83.1. The van der Waals surface area contributed by atoms with Gasteiger partial charge in [-0.3, -0.25) is 5.41 Å². The molecule has 0 aliphatic rings. The maximum atomic E-state index is 7.04. The molecule has 0 radical (unpaired) electrons. The van der Waals surface area contributed by atoms with Gasteiger partial charge in [-0.2, -0.15) is 4.89 Å². The third kappa shape index (κ3) is 5.30. The van der Waals surface area contributed by atoms with Crippen molar-refractivity contribution < 1.29 is 9.78 Å². The summed E-state index contributed by atoms with van der Waals surface area (Å²) in [6.07, 6.45) is 2.74. The largest absolute Gasteiger partial charge is 0.323 e. The van der Waals surface area contributed by atoms with Gasteiger partial charge >= 0.3 is 0 Å². The Kier molecular flexibility index (Phi) is 5.21. The zero-order chi connectivity index (χ0) is 7.11. The predicted molar refractivity (Wildman–Crippen MR) is 35.3 cm³/mol. The molecule has 0 atom stereocenters. The minimum Gasteiger partial charge on any atom is -0.323 e. The molecule has 0 aromatic heterocycles. The average Bonchev–Trinajstić information content (AvgIpc) is 1.85. The van der Waals surface area contributed by atoms with Gasteiger partial charge < -0.3 is 4.89 Å². The fraction of sp³-hybridized carbons (Fsp3) is 0.833. The predicted octanol–water partition coefficient (Wildman–Crippen LogP) is 1.73. The number of unbranched alkanes of at least 4 members (excludes halogenated alkanes) is 1. The summed E-state index contributed by atoms with van der Waals surface area (Å²) < 4.78 is 0. The Morgan fingerprint density at radius 2 is 2.22 bits per heavy atom. The lowest BCUT2D eigenvalue weighted by atomic mass is 10.2. The zero-order valence-electron chi connectivity index (χ0n) is 5.94. The monoisotopic (exact) mass is 131 g/mol. The van der Waals surface area contributed by atoms with E-state index in [0.717, 1.165) is 12.8 Å². The van der Waals surface area contributed by atoms with Gasteiger partial charge in [0.05, 0.1) is 7.11 Å². The fourth-order valence-corrected chi connectivity index (χ4v) is 0.480. The van der Waals surface area contributed by atoms with Gasteiger partial charge in [-0.25, -0.2) is 0 Å². The lowest BCUT2D eigenvalue weighted by Crippen LogP contribution is -2.00. The summed E-state index contributed by atoms with van der Waals surface area (Å²) in [6.45, 7) is 2.07. The van der Waals surface area contributed by atoms with E-state index in [1.807, 2.05) is 0 Å². The van der Waals surface area contributed by atoms with Crippen LogP contribution in [-0.2, 0) is 9.78 Å². The van der Waals surface area contributed by atoms with Gasteiger partial charge in [0.2, 0.25) is 5.90 Å². The average molecular weight is 131 g/mol. The van der Waals surface area contributed by atoms with Crippen molar-refractivity contribution in [2.24, 2.45) is 0 Å². The van der Waals surface area contributed by atoms with Crippen LogP contribution >= 0.6 is 0 Å². The molecule has 0 saturated carbocycles. The van der Waals surface area contributed by atoms with Crippen molar-refractivity contribution in [1.82, 2.24) is 0 Å². The van der Waals surface area contributed by atoms with Crippen LogP contribution in [0, 0.1) is 5.41 Å². The van der Waals surface area contributed by atoms with Crippen molar-refractivity contribution in [3.05, 3.63) is 0 Å². The topological polar surface area (TPSA) is 42.3 Å². The van der Waals surface area contributed by atoms with Gasteiger partial charge in [0.25, 0.3) is 0 Å². The Morgan fingerprint density at radius 1 is 1.56 bits per heavy atom. The van der Waals surface area contributed by atoms with E-state index in [0.29, 0.717) is 6.42 Å². The van der Waals surface area contributed by atoms with Crippen molar-refractivity contribution in [2.75, 3.05) is 7.11 Å². The summed E-state index contributed by atoms with van der Waals surface area (Å²) in [5, 5.41) is 7.04. The first kappa shape index (κ1) is 8.43. The lowest BCUT2D eigenvalue weighted by molar-refractivity contribution is -0.197. The Hall–Kier alpha value is -0.570. The van der Waals surface area contributed by atoms with Gasteiger partial charge in [0, 0.05) is 6.42 Å². The smallest absolute Gasteiger partial charge is 0.224 e. The van der Waals surface area contributed by atoms with Gasteiger partial charge in [-0.05, 0) is 6.42 Å². The number of hydrogen-bond acceptors (Lipinski definition) is 3. The van der Waals surface area contributed by atoms with E-state index < -0.39 is 0 Å². The van der Waals surface area contributed by atoms with Crippen LogP contribution in [0.2, 0.25) is 0 Å². The van der Waals surface area contributed by atoms with Crippen LogP contribution in [-0.4, -0.2) is 13.0 Å².